The Kier molecular flexibility index (Phi) is 3.21. The van der Waals surface area contributed by atoms with Gasteiger partial charge in [0.25, 0.3) is 0 Å². The Morgan fingerprint density at radius 1 is 1.40 bits per heavy atom. The van der Waals surface area contributed by atoms with E-state index < -0.39 is 22.2 Å². The summed E-state index contributed by atoms with van der Waals surface area (Å²) in [6, 6.07) is 1.09. The molecule has 0 aliphatic carbocycles. The summed E-state index contributed by atoms with van der Waals surface area (Å²) in [6.45, 7) is 3.25. The lowest BCUT2D eigenvalue weighted by molar-refractivity contribution is 0.365. The molecule has 15 heavy (non-hydrogen) atoms. The molecule has 0 fully saturated rings. The number of halogens is 3. The van der Waals surface area contributed by atoms with Gasteiger partial charge in [-0.25, -0.2) is 8.78 Å². The zero-order chi connectivity index (χ0) is 11.8. The first-order valence-electron chi connectivity index (χ1n) is 4.30. The smallest absolute Gasteiger partial charge is 0.186 e. The molecular formula is C10H12ClF2NO. The molecular weight excluding hydrogens is 224 g/mol. The zero-order valence-corrected chi connectivity index (χ0v) is 9.45. The fourth-order valence-corrected chi connectivity index (χ4v) is 1.40. The Morgan fingerprint density at radius 3 is 2.33 bits per heavy atom. The maximum absolute atomic E-state index is 13.5. The van der Waals surface area contributed by atoms with Crippen molar-refractivity contribution in [3.63, 3.8) is 0 Å². The van der Waals surface area contributed by atoms with Gasteiger partial charge < -0.3 is 10.5 Å². The van der Waals surface area contributed by atoms with Crippen LogP contribution < -0.4 is 10.5 Å². The summed E-state index contributed by atoms with van der Waals surface area (Å²) in [5.41, 5.74) is 5.10. The van der Waals surface area contributed by atoms with Gasteiger partial charge >= 0.3 is 0 Å². The van der Waals surface area contributed by atoms with Crippen molar-refractivity contribution in [1.29, 1.82) is 0 Å². The van der Waals surface area contributed by atoms with Gasteiger partial charge in [0.2, 0.25) is 0 Å². The van der Waals surface area contributed by atoms with Crippen LogP contribution in [0.15, 0.2) is 6.07 Å². The third-order valence-electron chi connectivity index (χ3n) is 2.02. The number of methoxy groups -OCH3 is 1. The highest BCUT2D eigenvalue weighted by molar-refractivity contribution is 6.31. The van der Waals surface area contributed by atoms with E-state index in [0.29, 0.717) is 0 Å². The van der Waals surface area contributed by atoms with E-state index in [9.17, 15) is 8.78 Å². The average Bonchev–Trinajstić information content (AvgIpc) is 2.12. The Labute approximate surface area is 92.0 Å². The maximum Gasteiger partial charge on any atom is 0.186 e. The van der Waals surface area contributed by atoms with Gasteiger partial charge in [0.1, 0.15) is 10.8 Å². The molecule has 1 rings (SSSR count). The molecule has 0 aliphatic rings. The summed E-state index contributed by atoms with van der Waals surface area (Å²) in [7, 11) is 1.28. The lowest BCUT2D eigenvalue weighted by Crippen LogP contribution is -2.29. The number of nitrogens with two attached hydrogens (primary N) is 1. The van der Waals surface area contributed by atoms with Crippen molar-refractivity contribution >= 4 is 11.6 Å². The van der Waals surface area contributed by atoms with E-state index in [-0.39, 0.29) is 11.3 Å². The van der Waals surface area contributed by atoms with Gasteiger partial charge in [-0.2, -0.15) is 0 Å². The highest BCUT2D eigenvalue weighted by Gasteiger charge is 2.26. The Hall–Kier alpha value is -0.870. The molecule has 0 radical (unpaired) electrons. The SMILES string of the molecule is COc1c(C(C)(C)N)cc(F)c(Cl)c1F. The molecule has 0 heterocycles. The predicted octanol–water partition coefficient (Wildman–Crippen LogP) is 2.82. The van der Waals surface area contributed by atoms with Crippen molar-refractivity contribution in [2.45, 2.75) is 19.4 Å². The van der Waals surface area contributed by atoms with E-state index >= 15 is 0 Å². The Balaban J connectivity index is 3.53. The molecule has 2 N–H and O–H groups in total. The van der Waals surface area contributed by atoms with Gasteiger partial charge in [-0.15, -0.1) is 0 Å². The van der Waals surface area contributed by atoms with Crippen LogP contribution in [0.3, 0.4) is 0 Å². The molecule has 1 aromatic carbocycles. The van der Waals surface area contributed by atoms with Crippen molar-refractivity contribution in [1.82, 2.24) is 0 Å². The zero-order valence-electron chi connectivity index (χ0n) is 8.70. The second-order valence-corrected chi connectivity index (χ2v) is 4.17. The Bertz CT molecular complexity index is 388. The largest absolute Gasteiger partial charge is 0.493 e. The van der Waals surface area contributed by atoms with E-state index in [4.69, 9.17) is 22.1 Å². The molecule has 5 heteroatoms. The molecule has 0 bridgehead atoms. The fourth-order valence-electron chi connectivity index (χ4n) is 1.26. The highest BCUT2D eigenvalue weighted by atomic mass is 35.5. The minimum atomic E-state index is -0.923. The van der Waals surface area contributed by atoms with Gasteiger partial charge in [-0.05, 0) is 19.9 Å². The molecule has 0 saturated heterocycles. The van der Waals surface area contributed by atoms with E-state index in [1.807, 2.05) is 0 Å². The lowest BCUT2D eigenvalue weighted by atomic mass is 9.94. The fraction of sp³-hybridized carbons (Fsp3) is 0.400. The summed E-state index contributed by atoms with van der Waals surface area (Å²) < 4.78 is 31.5. The van der Waals surface area contributed by atoms with Crippen molar-refractivity contribution in [3.05, 3.63) is 28.3 Å². The first-order chi connectivity index (χ1) is 6.79. The second-order valence-electron chi connectivity index (χ2n) is 3.79. The van der Waals surface area contributed by atoms with Crippen LogP contribution in [0.2, 0.25) is 5.02 Å². The minimum Gasteiger partial charge on any atom is -0.493 e. The first-order valence-corrected chi connectivity index (χ1v) is 4.67. The lowest BCUT2D eigenvalue weighted by Gasteiger charge is -2.22. The van der Waals surface area contributed by atoms with Crippen LogP contribution in [0.4, 0.5) is 8.78 Å². The first kappa shape index (κ1) is 12.2. The molecule has 0 aromatic heterocycles. The van der Waals surface area contributed by atoms with E-state index in [1.54, 1.807) is 13.8 Å². The van der Waals surface area contributed by atoms with Crippen LogP contribution in [0, 0.1) is 11.6 Å². The van der Waals surface area contributed by atoms with Crippen molar-refractivity contribution in [2.75, 3.05) is 7.11 Å². The average molecular weight is 236 g/mol. The minimum absolute atomic E-state index is 0.117. The number of benzene rings is 1. The van der Waals surface area contributed by atoms with Gasteiger partial charge in [0.05, 0.1) is 7.11 Å². The predicted molar refractivity (Wildman–Crippen MR) is 55.1 cm³/mol. The monoisotopic (exact) mass is 235 g/mol. The summed E-state index contributed by atoms with van der Waals surface area (Å²) in [6.07, 6.45) is 0. The van der Waals surface area contributed by atoms with Gasteiger partial charge in [-0.1, -0.05) is 11.6 Å². The van der Waals surface area contributed by atoms with Crippen molar-refractivity contribution < 1.29 is 13.5 Å². The number of rotatable bonds is 2. The third kappa shape index (κ3) is 2.21. The summed E-state index contributed by atoms with van der Waals surface area (Å²) in [4.78, 5) is 0. The summed E-state index contributed by atoms with van der Waals surface area (Å²) >= 11 is 5.41. The maximum atomic E-state index is 13.5. The molecule has 1 aromatic rings. The normalized spacial score (nSPS) is 11.7. The summed E-state index contributed by atoms with van der Waals surface area (Å²) in [5.74, 6) is -1.88. The molecule has 2 nitrogen and oxygen atoms in total. The molecule has 0 saturated carbocycles. The standard InChI is InChI=1S/C10H12ClF2NO/c1-10(2,14)5-4-6(12)7(11)8(13)9(5)15-3/h4H,14H2,1-3H3. The number of ether oxygens (including phenoxy) is 1. The number of hydrogen-bond donors (Lipinski definition) is 1. The molecule has 0 aliphatic heterocycles. The highest BCUT2D eigenvalue weighted by Crippen LogP contribution is 2.35. The van der Waals surface area contributed by atoms with Gasteiger partial charge in [-0.3, -0.25) is 0 Å². The van der Waals surface area contributed by atoms with E-state index in [0.717, 1.165) is 6.07 Å². The van der Waals surface area contributed by atoms with Gasteiger partial charge in [0.15, 0.2) is 11.6 Å². The quantitative estimate of drug-likeness (QED) is 0.800. The van der Waals surface area contributed by atoms with Crippen LogP contribution in [0.25, 0.3) is 0 Å². The second kappa shape index (κ2) is 3.94. The van der Waals surface area contributed by atoms with E-state index in [1.165, 1.54) is 7.11 Å². The summed E-state index contributed by atoms with van der Waals surface area (Å²) in [5, 5.41) is -0.583. The van der Waals surface area contributed by atoms with Crippen LogP contribution in [0.5, 0.6) is 5.75 Å². The Morgan fingerprint density at radius 2 is 1.93 bits per heavy atom. The molecule has 0 spiro atoms. The molecule has 84 valence electrons. The molecule has 0 amide bonds. The van der Waals surface area contributed by atoms with E-state index in [2.05, 4.69) is 0 Å². The van der Waals surface area contributed by atoms with Gasteiger partial charge in [0, 0.05) is 11.1 Å². The van der Waals surface area contributed by atoms with Crippen molar-refractivity contribution in [2.24, 2.45) is 5.73 Å². The topological polar surface area (TPSA) is 35.2 Å². The third-order valence-corrected chi connectivity index (χ3v) is 2.36. The van der Waals surface area contributed by atoms with Crippen LogP contribution in [-0.2, 0) is 5.54 Å². The molecule has 0 unspecified atom stereocenters. The van der Waals surface area contributed by atoms with Crippen LogP contribution >= 0.6 is 11.6 Å². The van der Waals surface area contributed by atoms with Crippen LogP contribution in [0.1, 0.15) is 19.4 Å². The van der Waals surface area contributed by atoms with Crippen molar-refractivity contribution in [3.8, 4) is 5.75 Å². The van der Waals surface area contributed by atoms with Crippen LogP contribution in [-0.4, -0.2) is 7.11 Å². The molecule has 0 atom stereocenters. The number of hydrogen-bond acceptors (Lipinski definition) is 2.